The Morgan fingerprint density at radius 1 is 1.39 bits per heavy atom. The summed E-state index contributed by atoms with van der Waals surface area (Å²) in [6.45, 7) is 3.27. The number of ether oxygens (including phenoxy) is 3. The van der Waals surface area contributed by atoms with Crippen LogP contribution >= 0.6 is 0 Å². The van der Waals surface area contributed by atoms with E-state index >= 15 is 0 Å². The van der Waals surface area contributed by atoms with E-state index in [0.29, 0.717) is 23.3 Å². The van der Waals surface area contributed by atoms with Gasteiger partial charge in [0.1, 0.15) is 11.5 Å². The number of methoxy groups -OCH3 is 1. The minimum Gasteiger partial charge on any atom is -0.497 e. The average Bonchev–Trinajstić information content (AvgIpc) is 2.35. The zero-order valence-electron chi connectivity index (χ0n) is 10.6. The summed E-state index contributed by atoms with van der Waals surface area (Å²) >= 11 is 0. The standard InChI is InChI=1S/C13H16O5/c1-9(2)18-13(15)8-17-12-5-4-11(16-3)6-10(12)7-14/h4-7,9H,8H2,1-3H3. The summed E-state index contributed by atoms with van der Waals surface area (Å²) in [6, 6.07) is 4.76. The van der Waals surface area contributed by atoms with Gasteiger partial charge in [0.2, 0.25) is 0 Å². The first-order chi connectivity index (χ1) is 8.56. The Balaban J connectivity index is 2.67. The zero-order valence-corrected chi connectivity index (χ0v) is 10.6. The van der Waals surface area contributed by atoms with Crippen LogP contribution in [0.5, 0.6) is 11.5 Å². The molecule has 0 aliphatic heterocycles. The van der Waals surface area contributed by atoms with Crippen molar-refractivity contribution in [2.45, 2.75) is 20.0 Å². The molecule has 0 saturated carbocycles. The monoisotopic (exact) mass is 252 g/mol. The number of rotatable bonds is 6. The summed E-state index contributed by atoms with van der Waals surface area (Å²) in [6.07, 6.45) is 0.452. The highest BCUT2D eigenvalue weighted by Crippen LogP contribution is 2.22. The third-order valence-corrected chi connectivity index (χ3v) is 2.06. The van der Waals surface area contributed by atoms with Gasteiger partial charge in [-0.2, -0.15) is 0 Å². The van der Waals surface area contributed by atoms with Crippen molar-refractivity contribution < 1.29 is 23.8 Å². The second-order valence-corrected chi connectivity index (χ2v) is 3.85. The number of hydrogen-bond donors (Lipinski definition) is 0. The van der Waals surface area contributed by atoms with Crippen LogP contribution in [0.1, 0.15) is 24.2 Å². The van der Waals surface area contributed by atoms with Crippen LogP contribution in [0.4, 0.5) is 0 Å². The van der Waals surface area contributed by atoms with E-state index in [1.54, 1.807) is 26.0 Å². The Bertz CT molecular complexity index is 425. The average molecular weight is 252 g/mol. The van der Waals surface area contributed by atoms with Gasteiger partial charge in [0.05, 0.1) is 18.8 Å². The molecule has 0 fully saturated rings. The van der Waals surface area contributed by atoms with E-state index in [9.17, 15) is 9.59 Å². The zero-order chi connectivity index (χ0) is 13.5. The smallest absolute Gasteiger partial charge is 0.344 e. The summed E-state index contributed by atoms with van der Waals surface area (Å²) in [5, 5.41) is 0. The highest BCUT2D eigenvalue weighted by atomic mass is 16.6. The van der Waals surface area contributed by atoms with Gasteiger partial charge >= 0.3 is 5.97 Å². The van der Waals surface area contributed by atoms with E-state index in [1.165, 1.54) is 13.2 Å². The predicted molar refractivity (Wildman–Crippen MR) is 65.1 cm³/mol. The summed E-state index contributed by atoms with van der Waals surface area (Å²) in [7, 11) is 1.50. The van der Waals surface area contributed by atoms with E-state index in [4.69, 9.17) is 14.2 Å². The number of aldehydes is 1. The topological polar surface area (TPSA) is 61.8 Å². The lowest BCUT2D eigenvalue weighted by Gasteiger charge is -2.11. The molecule has 0 aromatic heterocycles. The van der Waals surface area contributed by atoms with Crippen molar-refractivity contribution in [3.05, 3.63) is 23.8 Å². The van der Waals surface area contributed by atoms with Gasteiger partial charge in [-0.15, -0.1) is 0 Å². The first-order valence-electron chi connectivity index (χ1n) is 5.52. The van der Waals surface area contributed by atoms with Crippen molar-refractivity contribution in [3.8, 4) is 11.5 Å². The minimum absolute atomic E-state index is 0.192. The Labute approximate surface area is 106 Å². The molecule has 0 atom stereocenters. The molecular weight excluding hydrogens is 236 g/mol. The Morgan fingerprint density at radius 3 is 2.67 bits per heavy atom. The van der Waals surface area contributed by atoms with E-state index in [1.807, 2.05) is 0 Å². The summed E-state index contributed by atoms with van der Waals surface area (Å²) in [4.78, 5) is 22.2. The molecule has 0 spiro atoms. The lowest BCUT2D eigenvalue weighted by Crippen LogP contribution is -2.19. The van der Waals surface area contributed by atoms with Crippen LogP contribution in [-0.2, 0) is 9.53 Å². The van der Waals surface area contributed by atoms with E-state index in [-0.39, 0.29) is 12.7 Å². The number of esters is 1. The van der Waals surface area contributed by atoms with Crippen molar-refractivity contribution in [2.24, 2.45) is 0 Å². The normalized spacial score (nSPS) is 10.0. The Hall–Kier alpha value is -2.04. The van der Waals surface area contributed by atoms with Crippen LogP contribution in [0.15, 0.2) is 18.2 Å². The van der Waals surface area contributed by atoms with E-state index < -0.39 is 5.97 Å². The molecule has 0 N–H and O–H groups in total. The molecule has 0 heterocycles. The van der Waals surface area contributed by atoms with Crippen LogP contribution in [0.3, 0.4) is 0 Å². The van der Waals surface area contributed by atoms with E-state index in [2.05, 4.69) is 0 Å². The number of carbonyl (C=O) groups excluding carboxylic acids is 2. The van der Waals surface area contributed by atoms with Gasteiger partial charge < -0.3 is 14.2 Å². The largest absolute Gasteiger partial charge is 0.497 e. The van der Waals surface area contributed by atoms with Gasteiger partial charge in [0, 0.05) is 0 Å². The molecule has 5 nitrogen and oxygen atoms in total. The fraction of sp³-hybridized carbons (Fsp3) is 0.385. The molecule has 0 bridgehead atoms. The van der Waals surface area contributed by atoms with Crippen LogP contribution < -0.4 is 9.47 Å². The Kier molecular flexibility index (Phi) is 5.17. The van der Waals surface area contributed by atoms with Gasteiger partial charge in [0.15, 0.2) is 12.9 Å². The maximum absolute atomic E-state index is 11.3. The SMILES string of the molecule is COc1ccc(OCC(=O)OC(C)C)c(C=O)c1. The number of carbonyl (C=O) groups is 2. The molecule has 0 radical (unpaired) electrons. The van der Waals surface area contributed by atoms with Gasteiger partial charge in [-0.25, -0.2) is 4.79 Å². The number of benzene rings is 1. The third kappa shape index (κ3) is 4.08. The quantitative estimate of drug-likeness (QED) is 0.571. The molecule has 1 aromatic carbocycles. The molecule has 0 amide bonds. The highest BCUT2D eigenvalue weighted by molar-refractivity contribution is 5.80. The molecule has 1 rings (SSSR count). The molecule has 0 unspecified atom stereocenters. The van der Waals surface area contributed by atoms with Crippen molar-refractivity contribution in [3.63, 3.8) is 0 Å². The molecule has 1 aromatic rings. The fourth-order valence-electron chi connectivity index (χ4n) is 1.31. The third-order valence-electron chi connectivity index (χ3n) is 2.06. The van der Waals surface area contributed by atoms with Gasteiger partial charge in [0.25, 0.3) is 0 Å². The second-order valence-electron chi connectivity index (χ2n) is 3.85. The van der Waals surface area contributed by atoms with Crippen molar-refractivity contribution in [1.29, 1.82) is 0 Å². The van der Waals surface area contributed by atoms with E-state index in [0.717, 1.165) is 0 Å². The summed E-state index contributed by atoms with van der Waals surface area (Å²) in [5.41, 5.74) is 0.326. The maximum atomic E-state index is 11.3. The lowest BCUT2D eigenvalue weighted by molar-refractivity contribution is -0.149. The first-order valence-corrected chi connectivity index (χ1v) is 5.52. The summed E-state index contributed by atoms with van der Waals surface area (Å²) in [5.74, 6) is 0.401. The predicted octanol–water partition coefficient (Wildman–Crippen LogP) is 1.84. The maximum Gasteiger partial charge on any atom is 0.344 e. The van der Waals surface area contributed by atoms with Crippen molar-refractivity contribution >= 4 is 12.3 Å². The van der Waals surface area contributed by atoms with Crippen LogP contribution in [-0.4, -0.2) is 32.1 Å². The lowest BCUT2D eigenvalue weighted by atomic mass is 10.2. The van der Waals surface area contributed by atoms with Crippen molar-refractivity contribution in [1.82, 2.24) is 0 Å². The first kappa shape index (κ1) is 14.0. The highest BCUT2D eigenvalue weighted by Gasteiger charge is 2.09. The van der Waals surface area contributed by atoms with Crippen LogP contribution in [0, 0.1) is 0 Å². The van der Waals surface area contributed by atoms with Gasteiger partial charge in [-0.3, -0.25) is 4.79 Å². The molecule has 98 valence electrons. The fourth-order valence-corrected chi connectivity index (χ4v) is 1.31. The van der Waals surface area contributed by atoms with Crippen LogP contribution in [0.2, 0.25) is 0 Å². The van der Waals surface area contributed by atoms with Crippen molar-refractivity contribution in [2.75, 3.05) is 13.7 Å². The molecular formula is C13H16O5. The summed E-state index contributed by atoms with van der Waals surface area (Å²) < 4.78 is 15.1. The van der Waals surface area contributed by atoms with Gasteiger partial charge in [-0.05, 0) is 32.0 Å². The second kappa shape index (κ2) is 6.64. The molecule has 0 aliphatic carbocycles. The molecule has 18 heavy (non-hydrogen) atoms. The molecule has 0 saturated heterocycles. The van der Waals surface area contributed by atoms with Crippen LogP contribution in [0.25, 0.3) is 0 Å². The molecule has 0 aliphatic rings. The Morgan fingerprint density at radius 2 is 2.11 bits per heavy atom. The minimum atomic E-state index is -0.474. The number of hydrogen-bond acceptors (Lipinski definition) is 5. The van der Waals surface area contributed by atoms with Gasteiger partial charge in [-0.1, -0.05) is 0 Å². The molecule has 5 heteroatoms.